The predicted octanol–water partition coefficient (Wildman–Crippen LogP) is 6.51. The van der Waals surface area contributed by atoms with E-state index in [9.17, 15) is 9.90 Å². The van der Waals surface area contributed by atoms with Crippen LogP contribution in [0, 0.1) is 12.3 Å². The molecule has 0 saturated heterocycles. The van der Waals surface area contributed by atoms with Crippen LogP contribution in [0.2, 0.25) is 26.2 Å². The van der Waals surface area contributed by atoms with Crippen LogP contribution in [0.15, 0.2) is 11.6 Å². The number of hydrogen-bond donors (Lipinski definition) is 1. The van der Waals surface area contributed by atoms with Gasteiger partial charge >= 0.3 is 5.97 Å². The van der Waals surface area contributed by atoms with E-state index in [4.69, 9.17) is 18.3 Å². The number of cyclic esters (lactones) is 1. The van der Waals surface area contributed by atoms with E-state index in [1.807, 2.05) is 13.8 Å². The molecule has 0 aromatic heterocycles. The van der Waals surface area contributed by atoms with Crippen molar-refractivity contribution in [1.29, 1.82) is 0 Å². The first-order valence-corrected chi connectivity index (χ1v) is 19.6. The molecule has 1 N–H and O–H groups in total. The lowest BCUT2D eigenvalue weighted by Gasteiger charge is -2.32. The Morgan fingerprint density at radius 2 is 1.71 bits per heavy atom. The summed E-state index contributed by atoms with van der Waals surface area (Å²) in [4.78, 5) is 13.2. The molecule has 216 valence electrons. The molecule has 3 atom stereocenters. The summed E-state index contributed by atoms with van der Waals surface area (Å²) in [5.41, 5.74) is 4.51. The highest BCUT2D eigenvalue weighted by Gasteiger charge is 2.42. The van der Waals surface area contributed by atoms with Gasteiger partial charge in [-0.05, 0) is 74.8 Å². The Balaban J connectivity index is 2.46. The maximum Gasteiger partial charge on any atom is 0.341 e. The van der Waals surface area contributed by atoms with Gasteiger partial charge in [-0.15, -0.1) is 0 Å². The summed E-state index contributed by atoms with van der Waals surface area (Å²) in [5, 5.41) is 11.3. The number of methoxy groups -OCH3 is 1. The van der Waals surface area contributed by atoms with Gasteiger partial charge in [0.25, 0.3) is 0 Å². The normalized spacial score (nSPS) is 18.2. The second-order valence-electron chi connectivity index (χ2n) is 13.3. The highest BCUT2D eigenvalue weighted by atomic mass is 28.3. The standard InChI is InChI=1S/C30H52O6Si2/c1-18(15-14-16-22(29(3,4)5)35-37(10)11)21(31)17-20-25(30(6,7)8)24-23(19(2)26(20)33-9)28(34-27(24)32)36-38(12)13/h15,21-22,28,31,37-38H,14,16-17H2,1-13H3. The molecule has 0 saturated carbocycles. The van der Waals surface area contributed by atoms with Crippen LogP contribution in [0.1, 0.15) is 100 Å². The molecule has 1 aliphatic heterocycles. The summed E-state index contributed by atoms with van der Waals surface area (Å²) in [6, 6.07) is 0. The lowest BCUT2D eigenvalue weighted by molar-refractivity contribution is -0.0398. The molecule has 1 heterocycles. The zero-order valence-electron chi connectivity index (χ0n) is 26.1. The average Bonchev–Trinajstić information content (AvgIpc) is 3.06. The van der Waals surface area contributed by atoms with Crippen molar-refractivity contribution in [3.05, 3.63) is 39.5 Å². The number of rotatable bonds is 11. The first-order chi connectivity index (χ1) is 17.4. The molecule has 3 unspecified atom stereocenters. The second kappa shape index (κ2) is 12.8. The highest BCUT2D eigenvalue weighted by Crippen LogP contribution is 2.47. The number of aliphatic hydroxyl groups is 1. The van der Waals surface area contributed by atoms with E-state index in [1.165, 1.54) is 0 Å². The maximum absolute atomic E-state index is 13.2. The van der Waals surface area contributed by atoms with Crippen LogP contribution in [-0.2, 0) is 25.4 Å². The van der Waals surface area contributed by atoms with Crippen molar-refractivity contribution < 1.29 is 28.2 Å². The van der Waals surface area contributed by atoms with E-state index in [0.717, 1.165) is 40.7 Å². The fourth-order valence-corrected chi connectivity index (χ4v) is 7.17. The zero-order valence-corrected chi connectivity index (χ0v) is 28.4. The minimum Gasteiger partial charge on any atom is -0.496 e. The number of carbonyl (C=O) groups excluding carboxylic acids is 1. The number of allylic oxidation sites excluding steroid dienone is 1. The Kier molecular flexibility index (Phi) is 11.0. The molecule has 2 rings (SSSR count). The van der Waals surface area contributed by atoms with Gasteiger partial charge in [-0.2, -0.15) is 0 Å². The summed E-state index contributed by atoms with van der Waals surface area (Å²) >= 11 is 0. The number of aliphatic hydroxyl groups excluding tert-OH is 1. The fourth-order valence-electron chi connectivity index (χ4n) is 5.29. The number of ether oxygens (including phenoxy) is 2. The van der Waals surface area contributed by atoms with E-state index in [2.05, 4.69) is 73.8 Å². The van der Waals surface area contributed by atoms with E-state index < -0.39 is 30.5 Å². The van der Waals surface area contributed by atoms with E-state index in [1.54, 1.807) is 7.11 Å². The summed E-state index contributed by atoms with van der Waals surface area (Å²) in [5.74, 6) is 0.334. The van der Waals surface area contributed by atoms with Gasteiger partial charge < -0.3 is 23.4 Å². The third kappa shape index (κ3) is 7.81. The largest absolute Gasteiger partial charge is 0.496 e. The number of fused-ring (bicyclic) bond motifs is 1. The monoisotopic (exact) mass is 564 g/mol. The lowest BCUT2D eigenvalue weighted by atomic mass is 9.76. The first kappa shape index (κ1) is 32.8. The second-order valence-corrected chi connectivity index (χ2v) is 18.0. The Labute approximate surface area is 234 Å². The zero-order chi connectivity index (χ0) is 29.2. The molecule has 0 amide bonds. The van der Waals surface area contributed by atoms with Crippen LogP contribution in [0.4, 0.5) is 0 Å². The van der Waals surface area contributed by atoms with Crippen LogP contribution in [0.5, 0.6) is 5.75 Å². The van der Waals surface area contributed by atoms with Gasteiger partial charge in [-0.25, -0.2) is 4.79 Å². The minimum atomic E-state index is -1.47. The molecule has 1 aliphatic rings. The summed E-state index contributed by atoms with van der Waals surface area (Å²) in [7, 11) is -0.977. The summed E-state index contributed by atoms with van der Waals surface area (Å²) in [6.45, 7) is 25.4. The van der Waals surface area contributed by atoms with Gasteiger partial charge in [0.15, 0.2) is 18.1 Å². The summed E-state index contributed by atoms with van der Waals surface area (Å²) in [6.07, 6.45) is 3.01. The van der Waals surface area contributed by atoms with Crippen LogP contribution in [0.3, 0.4) is 0 Å². The smallest absolute Gasteiger partial charge is 0.341 e. The number of hydrogen-bond acceptors (Lipinski definition) is 6. The first-order valence-electron chi connectivity index (χ1n) is 14.0. The fraction of sp³-hybridized carbons (Fsp3) is 0.700. The molecule has 8 heteroatoms. The highest BCUT2D eigenvalue weighted by molar-refractivity contribution is 6.48. The Morgan fingerprint density at radius 1 is 1.11 bits per heavy atom. The maximum atomic E-state index is 13.2. The van der Waals surface area contributed by atoms with Crippen molar-refractivity contribution in [2.45, 2.75) is 125 Å². The van der Waals surface area contributed by atoms with Gasteiger partial charge in [0.1, 0.15) is 5.75 Å². The minimum absolute atomic E-state index is 0.0722. The van der Waals surface area contributed by atoms with Crippen molar-refractivity contribution in [1.82, 2.24) is 0 Å². The van der Waals surface area contributed by atoms with Crippen molar-refractivity contribution >= 4 is 24.0 Å². The molecule has 1 aromatic carbocycles. The van der Waals surface area contributed by atoms with E-state index in [-0.39, 0.29) is 22.9 Å². The molecule has 0 fully saturated rings. The van der Waals surface area contributed by atoms with Crippen LogP contribution >= 0.6 is 0 Å². The van der Waals surface area contributed by atoms with Crippen molar-refractivity contribution in [2.75, 3.05) is 7.11 Å². The third-order valence-electron chi connectivity index (χ3n) is 7.06. The van der Waals surface area contributed by atoms with E-state index in [0.29, 0.717) is 17.7 Å². The molecule has 0 radical (unpaired) electrons. The number of carbonyl (C=O) groups is 1. The summed E-state index contributed by atoms with van der Waals surface area (Å²) < 4.78 is 24.1. The Morgan fingerprint density at radius 3 is 2.18 bits per heavy atom. The topological polar surface area (TPSA) is 74.2 Å². The van der Waals surface area contributed by atoms with Gasteiger partial charge in [0, 0.05) is 29.2 Å². The molecule has 38 heavy (non-hydrogen) atoms. The molecular formula is C30H52O6Si2. The van der Waals surface area contributed by atoms with Crippen LogP contribution < -0.4 is 4.74 Å². The Hall–Kier alpha value is -1.46. The van der Waals surface area contributed by atoms with Gasteiger partial charge in [0.05, 0.1) is 18.8 Å². The van der Waals surface area contributed by atoms with Crippen molar-refractivity contribution in [3.8, 4) is 5.75 Å². The van der Waals surface area contributed by atoms with Crippen LogP contribution in [-0.4, -0.2) is 48.5 Å². The number of esters is 1. The van der Waals surface area contributed by atoms with Gasteiger partial charge in [-0.3, -0.25) is 0 Å². The molecule has 6 nitrogen and oxygen atoms in total. The Bertz CT molecular complexity index is 1020. The lowest BCUT2D eigenvalue weighted by Crippen LogP contribution is -2.33. The van der Waals surface area contributed by atoms with Gasteiger partial charge in [0.2, 0.25) is 6.29 Å². The van der Waals surface area contributed by atoms with Gasteiger partial charge in [-0.1, -0.05) is 47.6 Å². The number of benzene rings is 1. The molecular weight excluding hydrogens is 512 g/mol. The van der Waals surface area contributed by atoms with E-state index >= 15 is 0 Å². The molecule has 0 aliphatic carbocycles. The predicted molar refractivity (Wildman–Crippen MR) is 160 cm³/mol. The van der Waals surface area contributed by atoms with Crippen molar-refractivity contribution in [2.24, 2.45) is 5.41 Å². The quantitative estimate of drug-likeness (QED) is 0.187. The van der Waals surface area contributed by atoms with Crippen LogP contribution in [0.25, 0.3) is 0 Å². The SMILES string of the molecule is COc1c(C)c2c(c(C(C)(C)C)c1CC(O)C(C)=CCCC(O[SiH](C)C)C(C)(C)C)C(=O)OC2O[SiH](C)C. The molecule has 1 aromatic rings. The molecule has 0 bridgehead atoms. The van der Waals surface area contributed by atoms with Crippen molar-refractivity contribution in [3.63, 3.8) is 0 Å². The third-order valence-corrected chi connectivity index (χ3v) is 8.73. The average molecular weight is 565 g/mol. The molecule has 0 spiro atoms.